The molecule has 3 rings (SSSR count). The number of aryl methyl sites for hydroxylation is 1. The maximum atomic E-state index is 12.7. The van der Waals surface area contributed by atoms with Crippen molar-refractivity contribution >= 4 is 11.8 Å². The predicted octanol–water partition coefficient (Wildman–Crippen LogP) is 2.85. The van der Waals surface area contributed by atoms with Crippen LogP contribution in [-0.2, 0) is 9.59 Å². The third-order valence-electron chi connectivity index (χ3n) is 4.44. The van der Waals surface area contributed by atoms with E-state index in [1.54, 1.807) is 4.90 Å². The molecule has 136 valence electrons. The van der Waals surface area contributed by atoms with Crippen LogP contribution < -0.4 is 10.1 Å². The first-order valence-corrected chi connectivity index (χ1v) is 8.97. The van der Waals surface area contributed by atoms with Gasteiger partial charge in [0.25, 0.3) is 0 Å². The molecule has 5 nitrogen and oxygen atoms in total. The van der Waals surface area contributed by atoms with Crippen LogP contribution in [-0.4, -0.2) is 36.4 Å². The Balaban J connectivity index is 1.56. The zero-order valence-electron chi connectivity index (χ0n) is 15.0. The second-order valence-electron chi connectivity index (χ2n) is 6.46. The van der Waals surface area contributed by atoms with Crippen molar-refractivity contribution in [3.63, 3.8) is 0 Å². The molecule has 1 atom stereocenters. The second kappa shape index (κ2) is 8.52. The third kappa shape index (κ3) is 4.42. The van der Waals surface area contributed by atoms with Crippen molar-refractivity contribution in [2.45, 2.75) is 25.8 Å². The molecule has 0 aliphatic carbocycles. The lowest BCUT2D eigenvalue weighted by Gasteiger charge is -2.35. The molecule has 1 heterocycles. The number of carbonyl (C=O) groups excluding carboxylic acids is 2. The highest BCUT2D eigenvalue weighted by molar-refractivity contribution is 5.89. The van der Waals surface area contributed by atoms with Gasteiger partial charge in [-0.05, 0) is 36.6 Å². The van der Waals surface area contributed by atoms with E-state index in [9.17, 15) is 9.59 Å². The van der Waals surface area contributed by atoms with Crippen LogP contribution in [0, 0.1) is 6.92 Å². The number of rotatable bonds is 6. The summed E-state index contributed by atoms with van der Waals surface area (Å²) in [6, 6.07) is 16.7. The first-order chi connectivity index (χ1) is 12.6. The number of benzene rings is 2. The van der Waals surface area contributed by atoms with E-state index in [0.29, 0.717) is 32.5 Å². The fraction of sp³-hybridized carbons (Fsp3) is 0.333. The molecule has 0 saturated carbocycles. The summed E-state index contributed by atoms with van der Waals surface area (Å²) in [4.78, 5) is 26.7. The van der Waals surface area contributed by atoms with Crippen molar-refractivity contribution in [1.82, 2.24) is 10.2 Å². The molecule has 2 amide bonds. The Morgan fingerprint density at radius 2 is 2.00 bits per heavy atom. The Morgan fingerprint density at radius 1 is 1.19 bits per heavy atom. The highest BCUT2D eigenvalue weighted by Gasteiger charge is 2.33. The van der Waals surface area contributed by atoms with Crippen LogP contribution in [0.4, 0.5) is 0 Å². The molecule has 1 fully saturated rings. The van der Waals surface area contributed by atoms with E-state index in [1.807, 2.05) is 61.5 Å². The van der Waals surface area contributed by atoms with E-state index in [4.69, 9.17) is 4.74 Å². The molecule has 1 saturated heterocycles. The predicted molar refractivity (Wildman–Crippen MR) is 99.8 cm³/mol. The summed E-state index contributed by atoms with van der Waals surface area (Å²) in [7, 11) is 0. The van der Waals surface area contributed by atoms with E-state index >= 15 is 0 Å². The molecule has 2 aromatic carbocycles. The molecule has 1 N–H and O–H groups in total. The number of hydrogen-bond acceptors (Lipinski definition) is 3. The Kier molecular flexibility index (Phi) is 5.89. The molecule has 5 heteroatoms. The Labute approximate surface area is 154 Å². The van der Waals surface area contributed by atoms with Gasteiger partial charge in [-0.15, -0.1) is 0 Å². The SMILES string of the molecule is Cc1cccc(OCCCC(=O)N2CCNC(=O)C2c2ccccc2)c1. The van der Waals surface area contributed by atoms with Crippen LogP contribution in [0.25, 0.3) is 0 Å². The lowest BCUT2D eigenvalue weighted by Crippen LogP contribution is -2.52. The number of hydrogen-bond donors (Lipinski definition) is 1. The lowest BCUT2D eigenvalue weighted by molar-refractivity contribution is -0.143. The van der Waals surface area contributed by atoms with Gasteiger partial charge in [0.05, 0.1) is 6.61 Å². The summed E-state index contributed by atoms with van der Waals surface area (Å²) >= 11 is 0. The molecule has 0 radical (unpaired) electrons. The lowest BCUT2D eigenvalue weighted by atomic mass is 10.0. The summed E-state index contributed by atoms with van der Waals surface area (Å²) in [6.07, 6.45) is 0.981. The topological polar surface area (TPSA) is 58.6 Å². The maximum absolute atomic E-state index is 12.7. The first-order valence-electron chi connectivity index (χ1n) is 8.97. The van der Waals surface area contributed by atoms with Crippen molar-refractivity contribution in [1.29, 1.82) is 0 Å². The maximum Gasteiger partial charge on any atom is 0.247 e. The van der Waals surface area contributed by atoms with Crippen LogP contribution in [0.2, 0.25) is 0 Å². The van der Waals surface area contributed by atoms with Crippen molar-refractivity contribution in [2.24, 2.45) is 0 Å². The Bertz CT molecular complexity index is 761. The van der Waals surface area contributed by atoms with Gasteiger partial charge in [0, 0.05) is 19.5 Å². The number of ether oxygens (including phenoxy) is 1. The highest BCUT2D eigenvalue weighted by atomic mass is 16.5. The van der Waals surface area contributed by atoms with Crippen LogP contribution in [0.3, 0.4) is 0 Å². The number of carbonyl (C=O) groups is 2. The number of nitrogens with zero attached hydrogens (tertiary/aromatic N) is 1. The van der Waals surface area contributed by atoms with E-state index in [2.05, 4.69) is 5.32 Å². The van der Waals surface area contributed by atoms with Gasteiger partial charge in [-0.1, -0.05) is 42.5 Å². The number of amides is 2. The summed E-state index contributed by atoms with van der Waals surface area (Å²) in [5, 5.41) is 2.85. The number of piperazine rings is 1. The van der Waals surface area contributed by atoms with Crippen LogP contribution in [0.5, 0.6) is 5.75 Å². The van der Waals surface area contributed by atoms with Gasteiger partial charge in [-0.3, -0.25) is 9.59 Å². The van der Waals surface area contributed by atoms with Crippen molar-refractivity contribution in [3.8, 4) is 5.75 Å². The molecule has 0 bridgehead atoms. The standard InChI is InChI=1S/C21H24N2O3/c1-16-7-5-10-18(15-16)26-14-6-11-19(24)23-13-12-22-21(25)20(23)17-8-3-2-4-9-17/h2-5,7-10,15,20H,6,11-14H2,1H3,(H,22,25). The molecule has 0 aromatic heterocycles. The minimum absolute atomic E-state index is 0.0125. The van der Waals surface area contributed by atoms with Gasteiger partial charge in [0.2, 0.25) is 11.8 Å². The summed E-state index contributed by atoms with van der Waals surface area (Å²) in [5.41, 5.74) is 1.98. The summed E-state index contributed by atoms with van der Waals surface area (Å²) in [5.74, 6) is 0.685. The van der Waals surface area contributed by atoms with Crippen molar-refractivity contribution < 1.29 is 14.3 Å². The summed E-state index contributed by atoms with van der Waals surface area (Å²) < 4.78 is 5.71. The average Bonchev–Trinajstić information content (AvgIpc) is 2.65. The average molecular weight is 352 g/mol. The van der Waals surface area contributed by atoms with E-state index < -0.39 is 6.04 Å². The first kappa shape index (κ1) is 18.0. The molecule has 1 aliphatic rings. The molecule has 0 spiro atoms. The minimum atomic E-state index is -0.546. The molecule has 26 heavy (non-hydrogen) atoms. The fourth-order valence-corrected chi connectivity index (χ4v) is 3.16. The largest absolute Gasteiger partial charge is 0.494 e. The fourth-order valence-electron chi connectivity index (χ4n) is 3.16. The molecule has 1 unspecified atom stereocenters. The van der Waals surface area contributed by atoms with Gasteiger partial charge in [0.1, 0.15) is 11.8 Å². The van der Waals surface area contributed by atoms with Crippen LogP contribution >= 0.6 is 0 Å². The minimum Gasteiger partial charge on any atom is -0.494 e. The third-order valence-corrected chi connectivity index (χ3v) is 4.44. The monoisotopic (exact) mass is 352 g/mol. The quantitative estimate of drug-likeness (QED) is 0.814. The molecule has 2 aromatic rings. The molecular weight excluding hydrogens is 328 g/mol. The zero-order chi connectivity index (χ0) is 18.4. The van der Waals surface area contributed by atoms with E-state index in [-0.39, 0.29) is 11.8 Å². The van der Waals surface area contributed by atoms with E-state index in [1.165, 1.54) is 0 Å². The normalized spacial score (nSPS) is 16.9. The zero-order valence-corrected chi connectivity index (χ0v) is 15.0. The Hall–Kier alpha value is -2.82. The Morgan fingerprint density at radius 3 is 2.77 bits per heavy atom. The smallest absolute Gasteiger partial charge is 0.247 e. The van der Waals surface area contributed by atoms with Gasteiger partial charge < -0.3 is 15.0 Å². The van der Waals surface area contributed by atoms with Crippen molar-refractivity contribution in [2.75, 3.05) is 19.7 Å². The van der Waals surface area contributed by atoms with E-state index in [0.717, 1.165) is 16.9 Å². The number of nitrogens with one attached hydrogen (secondary N) is 1. The van der Waals surface area contributed by atoms with Gasteiger partial charge in [-0.25, -0.2) is 0 Å². The van der Waals surface area contributed by atoms with Crippen LogP contribution in [0.15, 0.2) is 54.6 Å². The molecular formula is C21H24N2O3. The second-order valence-corrected chi connectivity index (χ2v) is 6.46. The highest BCUT2D eigenvalue weighted by Crippen LogP contribution is 2.24. The van der Waals surface area contributed by atoms with Gasteiger partial charge in [0.15, 0.2) is 0 Å². The summed E-state index contributed by atoms with van der Waals surface area (Å²) in [6.45, 7) is 3.52. The van der Waals surface area contributed by atoms with Gasteiger partial charge in [-0.2, -0.15) is 0 Å². The van der Waals surface area contributed by atoms with Gasteiger partial charge >= 0.3 is 0 Å². The van der Waals surface area contributed by atoms with Crippen LogP contribution in [0.1, 0.15) is 30.0 Å². The molecule has 1 aliphatic heterocycles. The van der Waals surface area contributed by atoms with Crippen molar-refractivity contribution in [3.05, 3.63) is 65.7 Å².